The van der Waals surface area contributed by atoms with E-state index in [1.54, 1.807) is 13.0 Å². The Morgan fingerprint density at radius 3 is 2.72 bits per heavy atom. The number of hydrogen-bond donors (Lipinski definition) is 1. The van der Waals surface area contributed by atoms with Crippen molar-refractivity contribution in [3.05, 3.63) is 30.7 Å². The average molecular weight is 265 g/mol. The second kappa shape index (κ2) is 4.69. The van der Waals surface area contributed by atoms with Crippen LogP contribution in [0.5, 0.6) is 5.88 Å². The van der Waals surface area contributed by atoms with Crippen molar-refractivity contribution < 1.29 is 13.5 Å². The summed E-state index contributed by atoms with van der Waals surface area (Å²) in [5.74, 6) is -0.256. The SMILES string of the molecule is CCS(=O)(=O)c1cccnc1-c1cc(O)ncn1. The summed E-state index contributed by atoms with van der Waals surface area (Å²) in [5.41, 5.74) is 0.493. The van der Waals surface area contributed by atoms with Crippen LogP contribution in [0, 0.1) is 0 Å². The third-order valence-corrected chi connectivity index (χ3v) is 4.14. The minimum Gasteiger partial charge on any atom is -0.493 e. The van der Waals surface area contributed by atoms with Crippen LogP contribution in [0.4, 0.5) is 0 Å². The molecule has 0 spiro atoms. The third-order valence-electron chi connectivity index (χ3n) is 2.38. The molecule has 18 heavy (non-hydrogen) atoms. The first-order valence-corrected chi connectivity index (χ1v) is 6.89. The molecule has 2 aromatic rings. The second-order valence-electron chi connectivity index (χ2n) is 3.52. The minimum atomic E-state index is -3.39. The predicted molar refractivity (Wildman–Crippen MR) is 64.7 cm³/mol. The molecule has 0 aliphatic carbocycles. The van der Waals surface area contributed by atoms with Crippen molar-refractivity contribution in [2.24, 2.45) is 0 Å². The molecule has 0 radical (unpaired) electrons. The molecule has 0 fully saturated rings. The van der Waals surface area contributed by atoms with Gasteiger partial charge in [0.25, 0.3) is 0 Å². The molecule has 0 aliphatic heterocycles. The van der Waals surface area contributed by atoms with E-state index in [0.717, 1.165) is 6.33 Å². The molecule has 0 bridgehead atoms. The van der Waals surface area contributed by atoms with Gasteiger partial charge in [-0.2, -0.15) is 0 Å². The van der Waals surface area contributed by atoms with Crippen LogP contribution in [0.15, 0.2) is 35.6 Å². The molecule has 2 heterocycles. The van der Waals surface area contributed by atoms with Crippen molar-refractivity contribution in [3.8, 4) is 17.3 Å². The Morgan fingerprint density at radius 2 is 2.06 bits per heavy atom. The van der Waals surface area contributed by atoms with Gasteiger partial charge in [0.05, 0.1) is 16.3 Å². The first-order valence-electron chi connectivity index (χ1n) is 5.23. The molecule has 0 saturated carbocycles. The summed E-state index contributed by atoms with van der Waals surface area (Å²) >= 11 is 0. The molecule has 7 heteroatoms. The van der Waals surface area contributed by atoms with Gasteiger partial charge in [-0.05, 0) is 12.1 Å². The fourth-order valence-corrected chi connectivity index (χ4v) is 2.51. The standard InChI is InChI=1S/C11H11N3O3S/c1-2-18(16,17)9-4-3-5-12-11(9)8-6-10(15)14-7-13-8/h3-7H,2H2,1H3,(H,13,14,15). The number of hydrogen-bond acceptors (Lipinski definition) is 6. The van der Waals surface area contributed by atoms with E-state index in [1.807, 2.05) is 0 Å². The summed E-state index contributed by atoms with van der Waals surface area (Å²) < 4.78 is 23.9. The maximum atomic E-state index is 11.9. The molecule has 0 aliphatic rings. The summed E-state index contributed by atoms with van der Waals surface area (Å²) in [5, 5.41) is 9.30. The Bertz CT molecular complexity index is 671. The lowest BCUT2D eigenvalue weighted by molar-refractivity contribution is 0.452. The van der Waals surface area contributed by atoms with Crippen LogP contribution in [0.1, 0.15) is 6.92 Å². The van der Waals surface area contributed by atoms with Crippen LogP contribution in [0.2, 0.25) is 0 Å². The Labute approximate surface area is 104 Å². The largest absolute Gasteiger partial charge is 0.493 e. The van der Waals surface area contributed by atoms with E-state index in [0.29, 0.717) is 0 Å². The fourth-order valence-electron chi connectivity index (χ4n) is 1.47. The highest BCUT2D eigenvalue weighted by Gasteiger charge is 2.19. The molecule has 0 saturated heterocycles. The van der Waals surface area contributed by atoms with E-state index >= 15 is 0 Å². The van der Waals surface area contributed by atoms with Gasteiger partial charge in [0.2, 0.25) is 5.88 Å². The van der Waals surface area contributed by atoms with Gasteiger partial charge < -0.3 is 5.11 Å². The van der Waals surface area contributed by atoms with Gasteiger partial charge in [0, 0.05) is 12.3 Å². The van der Waals surface area contributed by atoms with E-state index in [2.05, 4.69) is 15.0 Å². The number of sulfone groups is 1. The van der Waals surface area contributed by atoms with Crippen molar-refractivity contribution in [1.82, 2.24) is 15.0 Å². The highest BCUT2D eigenvalue weighted by atomic mass is 32.2. The first kappa shape index (κ1) is 12.4. The summed E-state index contributed by atoms with van der Waals surface area (Å²) in [7, 11) is -3.39. The zero-order valence-electron chi connectivity index (χ0n) is 9.61. The smallest absolute Gasteiger partial charge is 0.214 e. The van der Waals surface area contributed by atoms with E-state index in [-0.39, 0.29) is 27.9 Å². The van der Waals surface area contributed by atoms with Crippen LogP contribution in [-0.2, 0) is 9.84 Å². The van der Waals surface area contributed by atoms with Crippen molar-refractivity contribution in [3.63, 3.8) is 0 Å². The summed E-state index contributed by atoms with van der Waals surface area (Å²) in [6.45, 7) is 1.56. The number of pyridine rings is 1. The van der Waals surface area contributed by atoms with E-state index in [9.17, 15) is 13.5 Å². The summed E-state index contributed by atoms with van der Waals surface area (Å²) in [4.78, 5) is 11.6. The van der Waals surface area contributed by atoms with Crippen LogP contribution >= 0.6 is 0 Å². The molecular formula is C11H11N3O3S. The highest BCUT2D eigenvalue weighted by molar-refractivity contribution is 7.91. The molecule has 2 rings (SSSR count). The van der Waals surface area contributed by atoms with Gasteiger partial charge in [-0.3, -0.25) is 4.98 Å². The molecule has 2 aromatic heterocycles. The number of aromatic nitrogens is 3. The molecular weight excluding hydrogens is 254 g/mol. The Kier molecular flexibility index (Phi) is 3.24. The lowest BCUT2D eigenvalue weighted by Gasteiger charge is -2.07. The third kappa shape index (κ3) is 2.30. The lowest BCUT2D eigenvalue weighted by atomic mass is 10.2. The van der Waals surface area contributed by atoms with Crippen LogP contribution in [0.25, 0.3) is 11.4 Å². The van der Waals surface area contributed by atoms with Crippen molar-refractivity contribution in [2.75, 3.05) is 5.75 Å². The monoisotopic (exact) mass is 265 g/mol. The van der Waals surface area contributed by atoms with Crippen molar-refractivity contribution in [2.45, 2.75) is 11.8 Å². The molecule has 94 valence electrons. The zero-order chi connectivity index (χ0) is 13.2. The lowest BCUT2D eigenvalue weighted by Crippen LogP contribution is -2.07. The predicted octanol–water partition coefficient (Wildman–Crippen LogP) is 1.04. The maximum absolute atomic E-state index is 11.9. The number of nitrogens with zero attached hydrogens (tertiary/aromatic N) is 3. The van der Waals surface area contributed by atoms with Crippen LogP contribution in [0.3, 0.4) is 0 Å². The van der Waals surface area contributed by atoms with Gasteiger partial charge in [-0.1, -0.05) is 6.92 Å². The summed E-state index contributed by atoms with van der Waals surface area (Å²) in [6, 6.07) is 4.30. The number of rotatable bonds is 3. The van der Waals surface area contributed by atoms with Crippen LogP contribution < -0.4 is 0 Å². The van der Waals surface area contributed by atoms with Gasteiger partial charge in [-0.15, -0.1) is 0 Å². The maximum Gasteiger partial charge on any atom is 0.214 e. The molecule has 0 aromatic carbocycles. The quantitative estimate of drug-likeness (QED) is 0.891. The Balaban J connectivity index is 2.66. The normalized spacial score (nSPS) is 11.4. The Morgan fingerprint density at radius 1 is 1.28 bits per heavy atom. The molecule has 6 nitrogen and oxygen atoms in total. The number of aromatic hydroxyl groups is 1. The van der Waals surface area contributed by atoms with Gasteiger partial charge in [0.15, 0.2) is 9.84 Å². The second-order valence-corrected chi connectivity index (χ2v) is 5.76. The van der Waals surface area contributed by atoms with Gasteiger partial charge in [0.1, 0.15) is 12.0 Å². The van der Waals surface area contributed by atoms with Crippen LogP contribution in [-0.4, -0.2) is 34.2 Å². The van der Waals surface area contributed by atoms with Crippen molar-refractivity contribution >= 4 is 9.84 Å². The molecule has 0 atom stereocenters. The molecule has 0 amide bonds. The van der Waals surface area contributed by atoms with Gasteiger partial charge >= 0.3 is 0 Å². The van der Waals surface area contributed by atoms with E-state index < -0.39 is 9.84 Å². The van der Waals surface area contributed by atoms with E-state index in [1.165, 1.54) is 18.3 Å². The molecule has 1 N–H and O–H groups in total. The topological polar surface area (TPSA) is 93.0 Å². The highest BCUT2D eigenvalue weighted by Crippen LogP contribution is 2.25. The van der Waals surface area contributed by atoms with Gasteiger partial charge in [-0.25, -0.2) is 18.4 Å². The van der Waals surface area contributed by atoms with Crippen molar-refractivity contribution in [1.29, 1.82) is 0 Å². The van der Waals surface area contributed by atoms with E-state index in [4.69, 9.17) is 0 Å². The minimum absolute atomic E-state index is 0.0250. The summed E-state index contributed by atoms with van der Waals surface area (Å²) in [6.07, 6.45) is 2.63. The average Bonchev–Trinajstić information content (AvgIpc) is 2.39. The first-order chi connectivity index (χ1) is 8.54. The molecule has 0 unspecified atom stereocenters. The zero-order valence-corrected chi connectivity index (χ0v) is 10.4. The fraction of sp³-hybridized carbons (Fsp3) is 0.182. The Hall–Kier alpha value is -2.02.